The van der Waals surface area contributed by atoms with Crippen molar-refractivity contribution in [1.29, 1.82) is 5.26 Å². The van der Waals surface area contributed by atoms with Crippen molar-refractivity contribution in [3.8, 4) is 6.07 Å². The van der Waals surface area contributed by atoms with Crippen LogP contribution < -0.4 is 10.6 Å². The Labute approximate surface area is 171 Å². The Balaban J connectivity index is 1.88. The van der Waals surface area contributed by atoms with Crippen molar-refractivity contribution in [1.82, 2.24) is 4.90 Å². The van der Waals surface area contributed by atoms with Crippen molar-refractivity contribution >= 4 is 50.7 Å². The molecular formula is C19H18BrClN4O2. The summed E-state index contributed by atoms with van der Waals surface area (Å²) >= 11 is 9.30. The fraction of sp³-hybridized carbons (Fsp3) is 0.211. The SMILES string of the molecule is CCN(CC(=O)Nc1ccc(Br)cc1)CC(=O)Nc1ccc(C#N)c(Cl)c1. The molecule has 140 valence electrons. The molecule has 0 aliphatic heterocycles. The molecule has 0 saturated carbocycles. The van der Waals surface area contributed by atoms with Gasteiger partial charge in [-0.3, -0.25) is 14.5 Å². The van der Waals surface area contributed by atoms with E-state index >= 15 is 0 Å². The van der Waals surface area contributed by atoms with E-state index in [1.54, 1.807) is 29.2 Å². The number of hydrogen-bond donors (Lipinski definition) is 2. The minimum absolute atomic E-state index is 0.0574. The van der Waals surface area contributed by atoms with Gasteiger partial charge in [0.25, 0.3) is 0 Å². The Kier molecular flexibility index (Phi) is 7.80. The van der Waals surface area contributed by atoms with Crippen molar-refractivity contribution in [2.45, 2.75) is 6.92 Å². The number of nitrogens with one attached hydrogen (secondary N) is 2. The first-order valence-electron chi connectivity index (χ1n) is 8.18. The molecule has 0 aromatic heterocycles. The second-order valence-electron chi connectivity index (χ2n) is 5.71. The first kappa shape index (κ1) is 20.9. The van der Waals surface area contributed by atoms with Crippen LogP contribution >= 0.6 is 27.5 Å². The second-order valence-corrected chi connectivity index (χ2v) is 7.04. The average molecular weight is 450 g/mol. The summed E-state index contributed by atoms with van der Waals surface area (Å²) in [6.07, 6.45) is 0. The van der Waals surface area contributed by atoms with Crippen molar-refractivity contribution in [2.24, 2.45) is 0 Å². The van der Waals surface area contributed by atoms with Crippen molar-refractivity contribution in [2.75, 3.05) is 30.3 Å². The Morgan fingerprint density at radius 2 is 1.63 bits per heavy atom. The third kappa shape index (κ3) is 6.68. The van der Waals surface area contributed by atoms with E-state index in [0.717, 1.165) is 4.47 Å². The molecule has 6 nitrogen and oxygen atoms in total. The molecule has 0 saturated heterocycles. The quantitative estimate of drug-likeness (QED) is 0.672. The molecular weight excluding hydrogens is 432 g/mol. The number of amides is 2. The highest BCUT2D eigenvalue weighted by Gasteiger charge is 2.14. The molecule has 2 aromatic rings. The number of carbonyl (C=O) groups excluding carboxylic acids is 2. The summed E-state index contributed by atoms with van der Waals surface area (Å²) < 4.78 is 0.926. The summed E-state index contributed by atoms with van der Waals surface area (Å²) in [5.41, 5.74) is 1.53. The van der Waals surface area contributed by atoms with E-state index in [-0.39, 0.29) is 29.9 Å². The minimum atomic E-state index is -0.269. The summed E-state index contributed by atoms with van der Waals surface area (Å²) in [5.74, 6) is -0.470. The van der Waals surface area contributed by atoms with Gasteiger partial charge in [-0.1, -0.05) is 34.5 Å². The fourth-order valence-corrected chi connectivity index (χ4v) is 2.79. The summed E-state index contributed by atoms with van der Waals surface area (Å²) in [4.78, 5) is 26.1. The van der Waals surface area contributed by atoms with Gasteiger partial charge in [0, 0.05) is 15.8 Å². The largest absolute Gasteiger partial charge is 0.325 e. The highest BCUT2D eigenvalue weighted by molar-refractivity contribution is 9.10. The molecule has 2 amide bonds. The van der Waals surface area contributed by atoms with Crippen LogP contribution in [0.5, 0.6) is 0 Å². The number of rotatable bonds is 7. The summed E-state index contributed by atoms with van der Waals surface area (Å²) in [5, 5.41) is 14.7. The number of likely N-dealkylation sites (N-methyl/N-ethyl adjacent to an activating group) is 1. The lowest BCUT2D eigenvalue weighted by atomic mass is 10.2. The number of nitrogens with zero attached hydrogens (tertiary/aromatic N) is 2. The molecule has 0 aliphatic carbocycles. The second kappa shape index (κ2) is 10.1. The van der Waals surface area contributed by atoms with Crippen molar-refractivity contribution < 1.29 is 9.59 Å². The van der Waals surface area contributed by atoms with Gasteiger partial charge in [-0.2, -0.15) is 5.26 Å². The molecule has 8 heteroatoms. The predicted molar refractivity (Wildman–Crippen MR) is 110 cm³/mol. The summed E-state index contributed by atoms with van der Waals surface area (Å²) in [6, 6.07) is 13.9. The van der Waals surface area contributed by atoms with Crippen LogP contribution in [0.3, 0.4) is 0 Å². The van der Waals surface area contributed by atoms with E-state index < -0.39 is 0 Å². The zero-order chi connectivity index (χ0) is 19.8. The topological polar surface area (TPSA) is 85.2 Å². The number of nitriles is 1. The Bertz CT molecular complexity index is 865. The van der Waals surface area contributed by atoms with Gasteiger partial charge in [-0.05, 0) is 49.0 Å². The van der Waals surface area contributed by atoms with Crippen LogP contribution in [-0.2, 0) is 9.59 Å². The van der Waals surface area contributed by atoms with Crippen LogP contribution in [0.25, 0.3) is 0 Å². The number of benzene rings is 2. The highest BCUT2D eigenvalue weighted by atomic mass is 79.9. The van der Waals surface area contributed by atoms with Crippen LogP contribution in [0.1, 0.15) is 12.5 Å². The van der Waals surface area contributed by atoms with Crippen LogP contribution in [-0.4, -0.2) is 36.3 Å². The van der Waals surface area contributed by atoms with Crippen molar-refractivity contribution in [3.05, 3.63) is 57.5 Å². The zero-order valence-corrected chi connectivity index (χ0v) is 17.0. The van der Waals surface area contributed by atoms with E-state index in [0.29, 0.717) is 23.5 Å². The standard InChI is InChI=1S/C19H18BrClN4O2/c1-2-25(11-18(26)23-15-7-4-14(20)5-8-15)12-19(27)24-16-6-3-13(10-22)17(21)9-16/h3-9H,2,11-12H2,1H3,(H,23,26)(H,24,27). The lowest BCUT2D eigenvalue weighted by molar-refractivity contribution is -0.119. The molecule has 0 fully saturated rings. The number of halogens is 2. The molecule has 0 unspecified atom stereocenters. The maximum atomic E-state index is 12.2. The Morgan fingerprint density at radius 3 is 2.15 bits per heavy atom. The van der Waals surface area contributed by atoms with Gasteiger partial charge in [0.05, 0.1) is 23.7 Å². The molecule has 2 N–H and O–H groups in total. The van der Waals surface area contributed by atoms with Gasteiger partial charge in [0.15, 0.2) is 0 Å². The van der Waals surface area contributed by atoms with Crippen molar-refractivity contribution in [3.63, 3.8) is 0 Å². The molecule has 2 aromatic carbocycles. The van der Waals surface area contributed by atoms with Gasteiger partial charge < -0.3 is 10.6 Å². The molecule has 0 bridgehead atoms. The van der Waals surface area contributed by atoms with Gasteiger partial charge in [0.2, 0.25) is 11.8 Å². The van der Waals surface area contributed by atoms with Crippen LogP contribution in [0.15, 0.2) is 46.9 Å². The van der Waals surface area contributed by atoms with Crippen LogP contribution in [0, 0.1) is 11.3 Å². The third-order valence-corrected chi connectivity index (χ3v) is 4.52. The van der Waals surface area contributed by atoms with Gasteiger partial charge in [-0.25, -0.2) is 0 Å². The molecule has 0 radical (unpaired) electrons. The fourth-order valence-electron chi connectivity index (χ4n) is 2.30. The Morgan fingerprint density at radius 1 is 1.07 bits per heavy atom. The molecule has 0 spiro atoms. The highest BCUT2D eigenvalue weighted by Crippen LogP contribution is 2.20. The maximum absolute atomic E-state index is 12.2. The van der Waals surface area contributed by atoms with E-state index in [4.69, 9.17) is 16.9 Å². The van der Waals surface area contributed by atoms with E-state index in [9.17, 15) is 9.59 Å². The summed E-state index contributed by atoms with van der Waals surface area (Å²) in [7, 11) is 0. The zero-order valence-electron chi connectivity index (χ0n) is 14.6. The minimum Gasteiger partial charge on any atom is -0.325 e. The smallest absolute Gasteiger partial charge is 0.238 e. The van der Waals surface area contributed by atoms with Gasteiger partial charge in [-0.15, -0.1) is 0 Å². The number of carbonyl (C=O) groups is 2. The molecule has 0 aliphatic rings. The predicted octanol–water partition coefficient (Wildman–Crippen LogP) is 3.87. The van der Waals surface area contributed by atoms with Gasteiger partial charge in [0.1, 0.15) is 6.07 Å². The molecule has 0 heterocycles. The third-order valence-electron chi connectivity index (χ3n) is 3.68. The lowest BCUT2D eigenvalue weighted by Crippen LogP contribution is -2.38. The van der Waals surface area contributed by atoms with Crippen LogP contribution in [0.4, 0.5) is 11.4 Å². The van der Waals surface area contributed by atoms with E-state index in [1.165, 1.54) is 6.07 Å². The van der Waals surface area contributed by atoms with Crippen LogP contribution in [0.2, 0.25) is 5.02 Å². The van der Waals surface area contributed by atoms with Gasteiger partial charge >= 0.3 is 0 Å². The molecule has 27 heavy (non-hydrogen) atoms. The average Bonchev–Trinajstić information content (AvgIpc) is 2.63. The van der Waals surface area contributed by atoms with E-state index in [2.05, 4.69) is 26.6 Å². The van der Waals surface area contributed by atoms with E-state index in [1.807, 2.05) is 25.1 Å². The lowest BCUT2D eigenvalue weighted by Gasteiger charge is -2.19. The number of anilines is 2. The first-order chi connectivity index (χ1) is 12.9. The molecule has 2 rings (SSSR count). The maximum Gasteiger partial charge on any atom is 0.238 e. The first-order valence-corrected chi connectivity index (χ1v) is 9.35. The number of hydrogen-bond acceptors (Lipinski definition) is 4. The molecule has 0 atom stereocenters. The monoisotopic (exact) mass is 448 g/mol. The summed E-state index contributed by atoms with van der Waals surface area (Å²) in [6.45, 7) is 2.56. The Hall–Kier alpha value is -2.40. The normalized spacial score (nSPS) is 10.3.